The number of thiophene rings is 1. The molecule has 0 bridgehead atoms. The number of hydrogen-bond donors (Lipinski definition) is 1. The number of β-amino-alcohol motifs (C(OH)–C–C–N with tert-alkyl or cyclic N) is 1. The van der Waals surface area contributed by atoms with Crippen LogP contribution in [0.2, 0.25) is 0 Å². The number of rotatable bonds is 1. The van der Waals surface area contributed by atoms with E-state index in [2.05, 4.69) is 0 Å². The fraction of sp³-hybridized carbons (Fsp3) is 0.545. The Kier molecular flexibility index (Phi) is 2.80. The minimum absolute atomic E-state index is 0.0627. The maximum atomic E-state index is 12.0. The summed E-state index contributed by atoms with van der Waals surface area (Å²) in [5, 5.41) is 9.36. The van der Waals surface area contributed by atoms with Gasteiger partial charge >= 0.3 is 0 Å². The summed E-state index contributed by atoms with van der Waals surface area (Å²) in [5.41, 5.74) is 1.17. The number of likely N-dealkylation sites (tertiary alicyclic amines) is 1. The molecule has 1 atom stereocenters. The van der Waals surface area contributed by atoms with Gasteiger partial charge in [-0.15, -0.1) is 11.3 Å². The molecule has 2 heterocycles. The van der Waals surface area contributed by atoms with Gasteiger partial charge in [-0.3, -0.25) is 4.79 Å². The standard InChI is InChI=1S/C11H15NO2S/c1-7-5-10(15-8(7)2)11(14)12-4-3-9(13)6-12/h5,9,13H,3-4,6H2,1-2H3. The third-order valence-electron chi connectivity index (χ3n) is 2.83. The van der Waals surface area contributed by atoms with Crippen molar-refractivity contribution in [1.29, 1.82) is 0 Å². The molecule has 0 spiro atoms. The zero-order valence-electron chi connectivity index (χ0n) is 8.99. The molecule has 1 N–H and O–H groups in total. The van der Waals surface area contributed by atoms with Crippen molar-refractivity contribution in [1.82, 2.24) is 4.90 Å². The molecule has 1 aromatic heterocycles. The van der Waals surface area contributed by atoms with Crippen molar-refractivity contribution in [2.45, 2.75) is 26.4 Å². The van der Waals surface area contributed by atoms with Crippen molar-refractivity contribution in [3.05, 3.63) is 21.4 Å². The molecule has 0 radical (unpaired) electrons. The van der Waals surface area contributed by atoms with E-state index < -0.39 is 0 Å². The predicted octanol–water partition coefficient (Wildman–Crippen LogP) is 1.57. The lowest BCUT2D eigenvalue weighted by molar-refractivity contribution is 0.0769. The molecule has 15 heavy (non-hydrogen) atoms. The summed E-state index contributed by atoms with van der Waals surface area (Å²) >= 11 is 1.54. The van der Waals surface area contributed by atoms with Gasteiger partial charge in [0.15, 0.2) is 0 Å². The summed E-state index contributed by atoms with van der Waals surface area (Å²) in [6.07, 6.45) is 0.367. The fourth-order valence-electron chi connectivity index (χ4n) is 1.76. The molecule has 1 unspecified atom stereocenters. The van der Waals surface area contributed by atoms with Gasteiger partial charge in [0.25, 0.3) is 5.91 Å². The number of carbonyl (C=O) groups excluding carboxylic acids is 1. The van der Waals surface area contributed by atoms with Crippen LogP contribution in [0.25, 0.3) is 0 Å². The zero-order valence-corrected chi connectivity index (χ0v) is 9.80. The molecule has 1 fully saturated rings. The van der Waals surface area contributed by atoms with Crippen LogP contribution in [-0.2, 0) is 0 Å². The van der Waals surface area contributed by atoms with Crippen molar-refractivity contribution < 1.29 is 9.90 Å². The largest absolute Gasteiger partial charge is 0.391 e. The number of aliphatic hydroxyl groups excluding tert-OH is 1. The second-order valence-corrected chi connectivity index (χ2v) is 5.30. The summed E-state index contributed by atoms with van der Waals surface area (Å²) in [4.78, 5) is 15.7. The van der Waals surface area contributed by atoms with Gasteiger partial charge in [-0.2, -0.15) is 0 Å². The van der Waals surface area contributed by atoms with Crippen molar-refractivity contribution in [2.24, 2.45) is 0 Å². The smallest absolute Gasteiger partial charge is 0.264 e. The lowest BCUT2D eigenvalue weighted by Crippen LogP contribution is -2.28. The van der Waals surface area contributed by atoms with Gasteiger partial charge in [0.1, 0.15) is 0 Å². The molecule has 0 saturated carbocycles. The summed E-state index contributed by atoms with van der Waals surface area (Å²) in [6, 6.07) is 1.94. The first kappa shape index (κ1) is 10.6. The average molecular weight is 225 g/mol. The Morgan fingerprint density at radius 3 is 2.80 bits per heavy atom. The van der Waals surface area contributed by atoms with Crippen molar-refractivity contribution in [3.8, 4) is 0 Å². The maximum absolute atomic E-state index is 12.0. The highest BCUT2D eigenvalue weighted by molar-refractivity contribution is 7.14. The third kappa shape index (κ3) is 2.06. The molecule has 0 aliphatic carbocycles. The first-order valence-electron chi connectivity index (χ1n) is 5.12. The average Bonchev–Trinajstić information content (AvgIpc) is 2.74. The van der Waals surface area contributed by atoms with Gasteiger partial charge in [0.05, 0.1) is 11.0 Å². The molecule has 1 amide bonds. The Bertz CT molecular complexity index is 366. The number of hydrogen-bond acceptors (Lipinski definition) is 3. The van der Waals surface area contributed by atoms with E-state index in [4.69, 9.17) is 0 Å². The zero-order chi connectivity index (χ0) is 11.0. The Morgan fingerprint density at radius 1 is 1.60 bits per heavy atom. The summed E-state index contributed by atoms with van der Waals surface area (Å²) in [6.45, 7) is 5.20. The fourth-order valence-corrected chi connectivity index (χ4v) is 2.76. The minimum Gasteiger partial charge on any atom is -0.391 e. The van der Waals surface area contributed by atoms with Crippen LogP contribution in [0, 0.1) is 13.8 Å². The van der Waals surface area contributed by atoms with Crippen LogP contribution in [-0.4, -0.2) is 35.1 Å². The highest BCUT2D eigenvalue weighted by Crippen LogP contribution is 2.23. The van der Waals surface area contributed by atoms with Crippen LogP contribution in [0.5, 0.6) is 0 Å². The van der Waals surface area contributed by atoms with Gasteiger partial charge in [0, 0.05) is 18.0 Å². The van der Waals surface area contributed by atoms with E-state index in [1.165, 1.54) is 21.8 Å². The van der Waals surface area contributed by atoms with Crippen molar-refractivity contribution >= 4 is 17.2 Å². The summed E-state index contributed by atoms with van der Waals surface area (Å²) in [7, 11) is 0. The summed E-state index contributed by atoms with van der Waals surface area (Å²) < 4.78 is 0. The number of nitrogens with zero attached hydrogens (tertiary/aromatic N) is 1. The highest BCUT2D eigenvalue weighted by atomic mass is 32.1. The molecule has 1 aliphatic heterocycles. The van der Waals surface area contributed by atoms with Crippen LogP contribution in [0.3, 0.4) is 0 Å². The van der Waals surface area contributed by atoms with Crippen LogP contribution in [0.15, 0.2) is 6.07 Å². The molecule has 0 aromatic carbocycles. The lowest BCUT2D eigenvalue weighted by Gasteiger charge is -2.13. The van der Waals surface area contributed by atoms with E-state index >= 15 is 0 Å². The van der Waals surface area contributed by atoms with E-state index in [1.54, 1.807) is 4.90 Å². The Hall–Kier alpha value is -0.870. The minimum atomic E-state index is -0.337. The summed E-state index contributed by atoms with van der Waals surface area (Å²) in [5.74, 6) is 0.0627. The predicted molar refractivity (Wildman–Crippen MR) is 60.3 cm³/mol. The number of carbonyl (C=O) groups is 1. The Labute approximate surface area is 93.3 Å². The quantitative estimate of drug-likeness (QED) is 0.788. The SMILES string of the molecule is Cc1cc(C(=O)N2CCC(O)C2)sc1C. The first-order chi connectivity index (χ1) is 7.08. The monoisotopic (exact) mass is 225 g/mol. The molecule has 2 rings (SSSR count). The van der Waals surface area contributed by atoms with E-state index in [-0.39, 0.29) is 12.0 Å². The molecule has 1 aromatic rings. The highest BCUT2D eigenvalue weighted by Gasteiger charge is 2.26. The number of aryl methyl sites for hydroxylation is 2. The second kappa shape index (κ2) is 3.94. The van der Waals surface area contributed by atoms with Crippen molar-refractivity contribution in [3.63, 3.8) is 0 Å². The van der Waals surface area contributed by atoms with Crippen LogP contribution in [0.1, 0.15) is 26.5 Å². The van der Waals surface area contributed by atoms with Gasteiger partial charge in [-0.25, -0.2) is 0 Å². The van der Waals surface area contributed by atoms with E-state index in [9.17, 15) is 9.90 Å². The normalized spacial score (nSPS) is 21.0. The molecular formula is C11H15NO2S. The van der Waals surface area contributed by atoms with E-state index in [1.807, 2.05) is 19.9 Å². The third-order valence-corrected chi connectivity index (χ3v) is 3.97. The molecule has 1 aliphatic rings. The lowest BCUT2D eigenvalue weighted by atomic mass is 10.3. The Balaban J connectivity index is 2.14. The molecule has 82 valence electrons. The number of aliphatic hydroxyl groups is 1. The van der Waals surface area contributed by atoms with E-state index in [0.717, 1.165) is 4.88 Å². The van der Waals surface area contributed by atoms with Gasteiger partial charge in [0.2, 0.25) is 0 Å². The van der Waals surface area contributed by atoms with Crippen molar-refractivity contribution in [2.75, 3.05) is 13.1 Å². The maximum Gasteiger partial charge on any atom is 0.264 e. The topological polar surface area (TPSA) is 40.5 Å². The van der Waals surface area contributed by atoms with Crippen LogP contribution >= 0.6 is 11.3 Å². The second-order valence-electron chi connectivity index (χ2n) is 4.04. The molecule has 1 saturated heterocycles. The van der Waals surface area contributed by atoms with Crippen LogP contribution in [0.4, 0.5) is 0 Å². The Morgan fingerprint density at radius 2 is 2.33 bits per heavy atom. The van der Waals surface area contributed by atoms with Gasteiger partial charge in [-0.05, 0) is 31.9 Å². The molecular weight excluding hydrogens is 210 g/mol. The van der Waals surface area contributed by atoms with Gasteiger partial charge < -0.3 is 10.0 Å². The van der Waals surface area contributed by atoms with E-state index in [0.29, 0.717) is 19.5 Å². The molecule has 4 heteroatoms. The van der Waals surface area contributed by atoms with Gasteiger partial charge in [-0.1, -0.05) is 0 Å². The number of amides is 1. The first-order valence-corrected chi connectivity index (χ1v) is 5.94. The molecule has 3 nitrogen and oxygen atoms in total. The van der Waals surface area contributed by atoms with Crippen LogP contribution < -0.4 is 0 Å².